The molecule has 5 heteroatoms. The highest BCUT2D eigenvalue weighted by atomic mass is 16.2. The first-order valence-corrected chi connectivity index (χ1v) is 8.40. The van der Waals surface area contributed by atoms with Crippen molar-refractivity contribution in [2.45, 2.75) is 46.1 Å². The number of hydrogen-bond donors (Lipinski definition) is 3. The number of rotatable bonds is 8. The quantitative estimate of drug-likeness (QED) is 0.635. The van der Waals surface area contributed by atoms with Gasteiger partial charge in [-0.1, -0.05) is 51.5 Å². The average molecular weight is 320 g/mol. The number of nitrogens with one attached hydrogen (secondary N) is 3. The maximum absolute atomic E-state index is 11.8. The van der Waals surface area contributed by atoms with Crippen molar-refractivity contribution < 1.29 is 14.5 Å². The molecule has 0 saturated heterocycles. The summed E-state index contributed by atoms with van der Waals surface area (Å²) in [6.07, 6.45) is 1.93. The van der Waals surface area contributed by atoms with Crippen molar-refractivity contribution in [3.8, 4) is 0 Å². The maximum Gasteiger partial charge on any atom is 0.321 e. The largest absolute Gasteiger partial charge is 0.338 e. The van der Waals surface area contributed by atoms with Crippen LogP contribution >= 0.6 is 0 Å². The molecular weight excluding hydrogens is 290 g/mol. The number of urea groups is 1. The third-order valence-corrected chi connectivity index (χ3v) is 3.68. The Labute approximate surface area is 139 Å². The van der Waals surface area contributed by atoms with Crippen LogP contribution in [-0.4, -0.2) is 32.1 Å². The van der Waals surface area contributed by atoms with E-state index in [1.54, 1.807) is 0 Å². The van der Waals surface area contributed by atoms with Crippen LogP contribution in [0.5, 0.6) is 0 Å². The van der Waals surface area contributed by atoms with Gasteiger partial charge in [-0.15, -0.1) is 0 Å². The van der Waals surface area contributed by atoms with Crippen molar-refractivity contribution in [2.75, 3.05) is 20.1 Å². The molecule has 1 aromatic carbocycles. The Balaban J connectivity index is 2.36. The normalized spacial score (nSPS) is 12.0. The zero-order valence-corrected chi connectivity index (χ0v) is 14.7. The van der Waals surface area contributed by atoms with Crippen molar-refractivity contribution in [2.24, 2.45) is 0 Å². The maximum atomic E-state index is 11.8. The van der Waals surface area contributed by atoms with Gasteiger partial charge in [0.1, 0.15) is 6.54 Å². The molecule has 0 aliphatic heterocycles. The monoisotopic (exact) mass is 320 g/mol. The summed E-state index contributed by atoms with van der Waals surface area (Å²) >= 11 is 0. The van der Waals surface area contributed by atoms with Crippen LogP contribution in [0.4, 0.5) is 4.79 Å². The minimum Gasteiger partial charge on any atom is -0.338 e. The summed E-state index contributed by atoms with van der Waals surface area (Å²) in [5, 5.41) is 5.04. The second-order valence-corrected chi connectivity index (χ2v) is 6.36. The van der Waals surface area contributed by atoms with Crippen molar-refractivity contribution in [1.29, 1.82) is 0 Å². The van der Waals surface area contributed by atoms with Gasteiger partial charge in [0.2, 0.25) is 0 Å². The molecule has 128 valence electrons. The fourth-order valence-corrected chi connectivity index (χ4v) is 2.30. The van der Waals surface area contributed by atoms with E-state index in [0.717, 1.165) is 24.3 Å². The van der Waals surface area contributed by atoms with Crippen LogP contribution in [0.15, 0.2) is 24.3 Å². The van der Waals surface area contributed by atoms with Crippen molar-refractivity contribution in [3.05, 3.63) is 35.4 Å². The van der Waals surface area contributed by atoms with E-state index < -0.39 is 6.03 Å². The second-order valence-electron chi connectivity index (χ2n) is 6.36. The third-order valence-electron chi connectivity index (χ3n) is 3.68. The van der Waals surface area contributed by atoms with Gasteiger partial charge >= 0.3 is 6.03 Å². The third kappa shape index (κ3) is 7.79. The Kier molecular flexibility index (Phi) is 8.33. The zero-order valence-electron chi connectivity index (χ0n) is 14.7. The van der Waals surface area contributed by atoms with Crippen LogP contribution < -0.4 is 15.5 Å². The first kappa shape index (κ1) is 19.2. The van der Waals surface area contributed by atoms with Gasteiger partial charge in [-0.05, 0) is 17.9 Å². The number of unbranched alkanes of at least 4 members (excludes halogenated alkanes) is 1. The first-order valence-electron chi connectivity index (χ1n) is 8.40. The van der Waals surface area contributed by atoms with Crippen molar-refractivity contribution in [3.63, 3.8) is 0 Å². The molecule has 5 nitrogen and oxygen atoms in total. The molecule has 0 heterocycles. The highest BCUT2D eigenvalue weighted by Crippen LogP contribution is 2.14. The Morgan fingerprint density at radius 1 is 1.17 bits per heavy atom. The van der Waals surface area contributed by atoms with Crippen LogP contribution in [0.1, 0.15) is 50.7 Å². The Bertz CT molecular complexity index is 497. The lowest BCUT2D eigenvalue weighted by atomic mass is 10.0. The summed E-state index contributed by atoms with van der Waals surface area (Å²) in [5.74, 6) is 0.265. The number of amides is 3. The Morgan fingerprint density at radius 2 is 1.83 bits per heavy atom. The van der Waals surface area contributed by atoms with E-state index in [0.29, 0.717) is 12.5 Å². The molecule has 0 aliphatic carbocycles. The minimum atomic E-state index is -0.405. The highest BCUT2D eigenvalue weighted by Gasteiger charge is 2.13. The number of likely N-dealkylation sites (N-methyl/N-ethyl adjacent to an activating group) is 1. The predicted molar refractivity (Wildman–Crippen MR) is 92.4 cm³/mol. The summed E-state index contributed by atoms with van der Waals surface area (Å²) in [6, 6.07) is 8.07. The number of quaternary nitrogens is 1. The number of imide groups is 1. The molecule has 0 aliphatic rings. The van der Waals surface area contributed by atoms with Gasteiger partial charge in [-0.2, -0.15) is 0 Å². The van der Waals surface area contributed by atoms with E-state index in [2.05, 4.69) is 55.7 Å². The number of benzene rings is 1. The molecule has 1 unspecified atom stereocenters. The molecule has 0 bridgehead atoms. The van der Waals surface area contributed by atoms with Crippen LogP contribution in [-0.2, 0) is 11.3 Å². The molecule has 0 radical (unpaired) electrons. The van der Waals surface area contributed by atoms with Gasteiger partial charge in [0.05, 0.1) is 7.05 Å². The van der Waals surface area contributed by atoms with E-state index in [4.69, 9.17) is 0 Å². The highest BCUT2D eigenvalue weighted by molar-refractivity contribution is 5.94. The van der Waals surface area contributed by atoms with Crippen molar-refractivity contribution >= 4 is 11.9 Å². The van der Waals surface area contributed by atoms with Gasteiger partial charge in [0.15, 0.2) is 6.54 Å². The lowest BCUT2D eigenvalue weighted by molar-refractivity contribution is -0.885. The number of carbonyl (C=O) groups excluding carboxylic acids is 2. The summed E-state index contributed by atoms with van der Waals surface area (Å²) in [7, 11) is 1.95. The molecule has 1 rings (SSSR count). The van der Waals surface area contributed by atoms with Gasteiger partial charge < -0.3 is 10.2 Å². The lowest BCUT2D eigenvalue weighted by Crippen LogP contribution is -3.09. The summed E-state index contributed by atoms with van der Waals surface area (Å²) < 4.78 is 0. The summed E-state index contributed by atoms with van der Waals surface area (Å²) in [5.41, 5.74) is 2.50. The molecule has 0 aromatic heterocycles. The predicted octanol–water partition coefficient (Wildman–Crippen LogP) is 1.45. The molecule has 0 spiro atoms. The zero-order chi connectivity index (χ0) is 17.2. The van der Waals surface area contributed by atoms with Gasteiger partial charge in [0.25, 0.3) is 5.91 Å². The summed E-state index contributed by atoms with van der Waals surface area (Å²) in [4.78, 5) is 24.4. The van der Waals surface area contributed by atoms with Gasteiger partial charge in [-0.3, -0.25) is 10.1 Å². The molecule has 0 fully saturated rings. The topological polar surface area (TPSA) is 62.6 Å². The van der Waals surface area contributed by atoms with E-state index in [-0.39, 0.29) is 12.5 Å². The van der Waals surface area contributed by atoms with E-state index in [1.165, 1.54) is 11.1 Å². The molecular formula is C18H30N3O2+. The number of carbonyl (C=O) groups is 2. The molecule has 1 aromatic rings. The summed E-state index contributed by atoms with van der Waals surface area (Å²) in [6.45, 7) is 8.01. The van der Waals surface area contributed by atoms with Crippen LogP contribution in [0.25, 0.3) is 0 Å². The van der Waals surface area contributed by atoms with Crippen LogP contribution in [0.3, 0.4) is 0 Å². The SMILES string of the molecule is CCCCNC(=O)NC(=O)C[NH+](C)Cc1ccc(C(C)C)cc1. The molecule has 1 atom stereocenters. The average Bonchev–Trinajstić information content (AvgIpc) is 2.47. The Morgan fingerprint density at radius 3 is 2.39 bits per heavy atom. The smallest absolute Gasteiger partial charge is 0.321 e. The molecule has 0 saturated carbocycles. The van der Waals surface area contributed by atoms with E-state index in [1.807, 2.05) is 7.05 Å². The molecule has 23 heavy (non-hydrogen) atoms. The minimum absolute atomic E-state index is 0.254. The second kappa shape index (κ2) is 10.0. The van der Waals surface area contributed by atoms with Crippen molar-refractivity contribution in [1.82, 2.24) is 10.6 Å². The molecule has 3 N–H and O–H groups in total. The number of hydrogen-bond acceptors (Lipinski definition) is 2. The van der Waals surface area contributed by atoms with Gasteiger partial charge in [0, 0.05) is 12.1 Å². The fourth-order valence-electron chi connectivity index (χ4n) is 2.30. The van der Waals surface area contributed by atoms with Crippen LogP contribution in [0.2, 0.25) is 0 Å². The molecule has 3 amide bonds. The fraction of sp³-hybridized carbons (Fsp3) is 0.556. The van der Waals surface area contributed by atoms with E-state index in [9.17, 15) is 9.59 Å². The van der Waals surface area contributed by atoms with Gasteiger partial charge in [-0.25, -0.2) is 4.79 Å². The Hall–Kier alpha value is -1.88. The van der Waals surface area contributed by atoms with Crippen LogP contribution in [0, 0.1) is 0 Å². The lowest BCUT2D eigenvalue weighted by Gasteiger charge is -2.14. The first-order chi connectivity index (χ1) is 10.9. The standard InChI is InChI=1S/C18H29N3O2/c1-5-6-11-19-18(23)20-17(22)13-21(4)12-15-7-9-16(10-8-15)14(2)3/h7-10,14H,5-6,11-13H2,1-4H3,(H2,19,20,22,23)/p+1. The van der Waals surface area contributed by atoms with E-state index >= 15 is 0 Å².